The lowest BCUT2D eigenvalue weighted by atomic mass is 10.0. The Morgan fingerprint density at radius 2 is 0.788 bits per heavy atom. The number of unbranched alkanes of at least 4 members (excludes halogenated alkanes) is 18. The van der Waals surface area contributed by atoms with Gasteiger partial charge in [0.05, 0.1) is 19.8 Å². The highest BCUT2D eigenvalue weighted by Gasteiger charge is 2.28. The van der Waals surface area contributed by atoms with E-state index in [-0.39, 0.29) is 25.9 Å². The van der Waals surface area contributed by atoms with Crippen molar-refractivity contribution in [2.45, 2.75) is 226 Å². The first-order valence-electron chi connectivity index (χ1n) is 25.8. The third-order valence-electron chi connectivity index (χ3n) is 10.6. The average molecular weight is 949 g/mol. The summed E-state index contributed by atoms with van der Waals surface area (Å²) in [6, 6.07) is 0. The number of rotatable bonds is 47. The van der Waals surface area contributed by atoms with E-state index in [1.54, 1.807) is 0 Å². The predicted octanol–water partition coefficient (Wildman–Crippen LogP) is 14.6. The highest BCUT2D eigenvalue weighted by Crippen LogP contribution is 2.43. The van der Waals surface area contributed by atoms with Crippen LogP contribution in [0.2, 0.25) is 0 Å². The minimum absolute atomic E-state index is 0.129. The molecule has 66 heavy (non-hydrogen) atoms. The SMILES string of the molecule is CC/C=C\C/C=C\C/C=C\CCCCCC(=O)OC(CO)COP(=O)(O)OCC(COC(=O)CCCCCCCCCCCCCCC)OC(=O)CCCCC/C=C\C/C=C\C/C=C\CC. The van der Waals surface area contributed by atoms with E-state index in [4.69, 9.17) is 23.3 Å². The average Bonchev–Trinajstić information content (AvgIpc) is 3.30. The second-order valence-electron chi connectivity index (χ2n) is 16.9. The molecule has 0 aliphatic rings. The van der Waals surface area contributed by atoms with E-state index >= 15 is 0 Å². The third kappa shape index (κ3) is 46.0. The van der Waals surface area contributed by atoms with Crippen LogP contribution < -0.4 is 0 Å². The highest BCUT2D eigenvalue weighted by molar-refractivity contribution is 7.47. The monoisotopic (exact) mass is 949 g/mol. The Kier molecular flexibility index (Phi) is 46.1. The first-order chi connectivity index (χ1) is 32.2. The van der Waals surface area contributed by atoms with Crippen molar-refractivity contribution in [3.8, 4) is 0 Å². The van der Waals surface area contributed by atoms with E-state index < -0.39 is 57.8 Å². The van der Waals surface area contributed by atoms with Crippen LogP contribution in [0.1, 0.15) is 213 Å². The molecular weight excluding hydrogens is 856 g/mol. The second kappa shape index (κ2) is 48.4. The molecule has 0 saturated heterocycles. The quantitative estimate of drug-likeness (QED) is 0.0197. The van der Waals surface area contributed by atoms with E-state index in [1.807, 2.05) is 0 Å². The third-order valence-corrected chi connectivity index (χ3v) is 11.6. The Balaban J connectivity index is 4.80. The van der Waals surface area contributed by atoms with Gasteiger partial charge in [0, 0.05) is 19.3 Å². The van der Waals surface area contributed by atoms with E-state index in [1.165, 1.54) is 57.8 Å². The molecule has 2 N–H and O–H groups in total. The first kappa shape index (κ1) is 62.9. The number of hydrogen-bond acceptors (Lipinski definition) is 10. The maximum Gasteiger partial charge on any atom is 0.472 e. The van der Waals surface area contributed by atoms with E-state index in [0.29, 0.717) is 19.3 Å². The largest absolute Gasteiger partial charge is 0.472 e. The zero-order valence-electron chi connectivity index (χ0n) is 41.6. The Labute approximate surface area is 401 Å². The Morgan fingerprint density at radius 3 is 1.21 bits per heavy atom. The van der Waals surface area contributed by atoms with Crippen molar-refractivity contribution >= 4 is 25.7 Å². The lowest BCUT2D eigenvalue weighted by molar-refractivity contribution is -0.161. The van der Waals surface area contributed by atoms with Gasteiger partial charge >= 0.3 is 25.7 Å². The molecule has 380 valence electrons. The molecule has 0 aromatic heterocycles. The maximum absolute atomic E-state index is 12.8. The summed E-state index contributed by atoms with van der Waals surface area (Å²) in [5.41, 5.74) is 0. The van der Waals surface area contributed by atoms with Gasteiger partial charge in [0.25, 0.3) is 0 Å². The molecule has 0 aromatic carbocycles. The van der Waals surface area contributed by atoms with Crippen LogP contribution in [-0.4, -0.2) is 66.5 Å². The van der Waals surface area contributed by atoms with Crippen LogP contribution in [0.5, 0.6) is 0 Å². The predicted molar refractivity (Wildman–Crippen MR) is 270 cm³/mol. The molecule has 0 aliphatic carbocycles. The number of allylic oxidation sites excluding steroid dienone is 12. The summed E-state index contributed by atoms with van der Waals surface area (Å²) >= 11 is 0. The van der Waals surface area contributed by atoms with Crippen LogP contribution in [0.3, 0.4) is 0 Å². The van der Waals surface area contributed by atoms with Gasteiger partial charge < -0.3 is 24.2 Å². The maximum atomic E-state index is 12.8. The molecule has 0 radical (unpaired) electrons. The molecule has 11 nitrogen and oxygen atoms in total. The minimum atomic E-state index is -4.76. The number of aliphatic hydroxyl groups excluding tert-OH is 1. The normalized spacial score (nSPS) is 14.1. The number of esters is 3. The summed E-state index contributed by atoms with van der Waals surface area (Å²) in [7, 11) is -4.76. The number of carbonyl (C=O) groups excluding carboxylic acids is 3. The van der Waals surface area contributed by atoms with Crippen molar-refractivity contribution in [2.75, 3.05) is 26.4 Å². The topological polar surface area (TPSA) is 155 Å². The van der Waals surface area contributed by atoms with Crippen LogP contribution in [0.25, 0.3) is 0 Å². The highest BCUT2D eigenvalue weighted by atomic mass is 31.2. The first-order valence-corrected chi connectivity index (χ1v) is 27.3. The van der Waals surface area contributed by atoms with E-state index in [2.05, 4.69) is 93.7 Å². The summed E-state index contributed by atoms with van der Waals surface area (Å²) in [5, 5.41) is 9.76. The lowest BCUT2D eigenvalue weighted by Gasteiger charge is -2.21. The summed E-state index contributed by atoms with van der Waals surface area (Å²) in [4.78, 5) is 48.3. The number of phosphoric acid groups is 1. The van der Waals surface area contributed by atoms with Crippen LogP contribution >= 0.6 is 7.82 Å². The Bertz CT molecular complexity index is 1390. The van der Waals surface area contributed by atoms with Gasteiger partial charge in [-0.3, -0.25) is 23.4 Å². The summed E-state index contributed by atoms with van der Waals surface area (Å²) in [6.45, 7) is 4.33. The van der Waals surface area contributed by atoms with Crippen LogP contribution in [0.15, 0.2) is 72.9 Å². The number of phosphoric ester groups is 1. The van der Waals surface area contributed by atoms with Crippen LogP contribution in [-0.2, 0) is 42.2 Å². The lowest BCUT2D eigenvalue weighted by Crippen LogP contribution is -2.30. The fourth-order valence-electron chi connectivity index (χ4n) is 6.74. The molecule has 0 bridgehead atoms. The fourth-order valence-corrected chi connectivity index (χ4v) is 7.52. The summed E-state index contributed by atoms with van der Waals surface area (Å²) in [6.07, 6.45) is 51.6. The van der Waals surface area contributed by atoms with Crippen molar-refractivity contribution in [1.82, 2.24) is 0 Å². The van der Waals surface area contributed by atoms with E-state index in [0.717, 1.165) is 96.3 Å². The molecule has 0 rings (SSSR count). The Morgan fingerprint density at radius 1 is 0.439 bits per heavy atom. The van der Waals surface area contributed by atoms with Gasteiger partial charge in [-0.25, -0.2) is 4.57 Å². The van der Waals surface area contributed by atoms with Crippen molar-refractivity contribution in [3.05, 3.63) is 72.9 Å². The van der Waals surface area contributed by atoms with Crippen molar-refractivity contribution < 1.29 is 52.2 Å². The van der Waals surface area contributed by atoms with E-state index in [9.17, 15) is 28.9 Å². The van der Waals surface area contributed by atoms with Gasteiger partial charge in [-0.2, -0.15) is 0 Å². The number of hydrogen-bond donors (Lipinski definition) is 2. The van der Waals surface area contributed by atoms with Gasteiger partial charge in [-0.1, -0.05) is 184 Å². The minimum Gasteiger partial charge on any atom is -0.462 e. The molecule has 0 aromatic rings. The van der Waals surface area contributed by atoms with Crippen molar-refractivity contribution in [2.24, 2.45) is 0 Å². The number of aliphatic hydroxyl groups is 1. The molecule has 0 spiro atoms. The fraction of sp³-hybridized carbons (Fsp3) is 0.722. The summed E-state index contributed by atoms with van der Waals surface area (Å²) in [5.74, 6) is -1.53. The molecular formula is C54H93O11P. The zero-order valence-corrected chi connectivity index (χ0v) is 42.5. The number of ether oxygens (including phenoxy) is 3. The van der Waals surface area contributed by atoms with Gasteiger partial charge in [0.15, 0.2) is 6.10 Å². The molecule has 0 saturated carbocycles. The van der Waals surface area contributed by atoms with Gasteiger partial charge in [-0.05, 0) is 83.5 Å². The van der Waals surface area contributed by atoms with Crippen LogP contribution in [0, 0.1) is 0 Å². The van der Waals surface area contributed by atoms with Crippen LogP contribution in [0.4, 0.5) is 0 Å². The van der Waals surface area contributed by atoms with Crippen molar-refractivity contribution in [3.63, 3.8) is 0 Å². The van der Waals surface area contributed by atoms with Gasteiger partial charge in [0.2, 0.25) is 0 Å². The summed E-state index contributed by atoms with van der Waals surface area (Å²) < 4.78 is 39.3. The number of carbonyl (C=O) groups is 3. The molecule has 0 amide bonds. The Hall–Kier alpha value is -3.08. The molecule has 0 heterocycles. The molecule has 0 fully saturated rings. The standard InChI is InChI=1S/C54H93O11P/c1-4-7-10-13-16-19-22-25-28-31-34-37-40-43-52(56)61-47-51(65-54(58)45-42-39-36-33-30-27-24-21-18-15-12-9-6-3)49-63-66(59,60)62-48-50(46-55)64-53(57)44-41-38-35-32-29-26-23-20-17-14-11-8-5-2/h8-9,11-12,17-18,20-21,26-27,29-30,50-51,55H,4-7,10,13-16,19,22-25,28,31-49H2,1-3H3,(H,59,60)/b11-8-,12-9-,20-17-,21-18-,29-26-,30-27-. The molecule has 3 atom stereocenters. The van der Waals surface area contributed by atoms with Gasteiger partial charge in [-0.15, -0.1) is 0 Å². The van der Waals surface area contributed by atoms with Crippen molar-refractivity contribution in [1.29, 1.82) is 0 Å². The van der Waals surface area contributed by atoms with Gasteiger partial charge in [0.1, 0.15) is 12.7 Å². The molecule has 3 unspecified atom stereocenters. The molecule has 0 aliphatic heterocycles. The molecule has 12 heteroatoms. The smallest absolute Gasteiger partial charge is 0.462 e. The second-order valence-corrected chi connectivity index (χ2v) is 18.4. The zero-order chi connectivity index (χ0) is 48.4.